The Labute approximate surface area is 493 Å². The molecule has 0 rings (SSSR count). The molecule has 0 aromatic heterocycles. The molecule has 0 aromatic rings. The lowest BCUT2D eigenvalue weighted by Gasteiger charge is -2.18. The first-order valence-corrected chi connectivity index (χ1v) is 35.5. The highest BCUT2D eigenvalue weighted by Gasteiger charge is 2.19. The third-order valence-electron chi connectivity index (χ3n) is 16.1. The number of rotatable bonds is 66. The van der Waals surface area contributed by atoms with Crippen LogP contribution in [0.15, 0.2) is 36.5 Å². The van der Waals surface area contributed by atoms with Gasteiger partial charge in [-0.25, -0.2) is 0 Å². The van der Waals surface area contributed by atoms with Gasteiger partial charge < -0.3 is 14.2 Å². The van der Waals surface area contributed by atoms with E-state index < -0.39 is 6.10 Å². The summed E-state index contributed by atoms with van der Waals surface area (Å²) in [6, 6.07) is 0. The Hall–Kier alpha value is -2.37. The fourth-order valence-electron chi connectivity index (χ4n) is 10.7. The number of carbonyl (C=O) groups excluding carboxylic acids is 3. The molecule has 79 heavy (non-hydrogen) atoms. The van der Waals surface area contributed by atoms with Gasteiger partial charge in [-0.2, -0.15) is 0 Å². The molecule has 0 amide bonds. The van der Waals surface area contributed by atoms with Crippen LogP contribution in [0.3, 0.4) is 0 Å². The standard InChI is InChI=1S/C73H136O6/c1-4-7-10-13-16-19-22-25-28-31-33-35-36-38-39-42-45-48-51-54-57-60-63-66-72(75)78-69-70(68-77-71(74)65-62-59-56-53-50-47-44-41-30-27-24-21-18-15-12-9-6-3)79-73(76)67-64-61-58-55-52-49-46-43-40-37-34-32-29-26-23-20-17-14-11-8-5-2/h27,30-34,70H,4-26,28-29,35-69H2,1-3H3/b30-27-,33-31-,34-32-. The molecular weight excluding hydrogens is 973 g/mol. The lowest BCUT2D eigenvalue weighted by molar-refractivity contribution is -0.167. The summed E-state index contributed by atoms with van der Waals surface area (Å²) < 4.78 is 17.0. The Kier molecular flexibility index (Phi) is 66.1. The highest BCUT2D eigenvalue weighted by Crippen LogP contribution is 2.18. The van der Waals surface area contributed by atoms with Gasteiger partial charge in [0.05, 0.1) is 0 Å². The summed E-state index contributed by atoms with van der Waals surface area (Å²) in [7, 11) is 0. The van der Waals surface area contributed by atoms with Crippen LogP contribution >= 0.6 is 0 Å². The van der Waals surface area contributed by atoms with Crippen molar-refractivity contribution in [3.8, 4) is 0 Å². The minimum absolute atomic E-state index is 0.0710. The molecule has 0 N–H and O–H groups in total. The molecule has 0 aliphatic rings. The number of esters is 3. The number of carbonyl (C=O) groups is 3. The number of unbranched alkanes of at least 4 members (excludes halogenated alkanes) is 49. The number of hydrogen-bond donors (Lipinski definition) is 0. The number of hydrogen-bond acceptors (Lipinski definition) is 6. The van der Waals surface area contributed by atoms with E-state index in [4.69, 9.17) is 14.2 Å². The Morgan fingerprint density at radius 2 is 0.418 bits per heavy atom. The van der Waals surface area contributed by atoms with Crippen molar-refractivity contribution < 1.29 is 28.6 Å². The van der Waals surface area contributed by atoms with Crippen molar-refractivity contribution >= 4 is 17.9 Å². The molecule has 0 bridgehead atoms. The van der Waals surface area contributed by atoms with Gasteiger partial charge >= 0.3 is 17.9 Å². The summed E-state index contributed by atoms with van der Waals surface area (Å²) in [6.45, 7) is 6.70. The SMILES string of the molecule is CCCCCCCC/C=C\CCCCCCCCCC(=O)OCC(COC(=O)CCCCCCCCCCCCC/C=C\CCCCCCCCCC)OC(=O)CCCCCCCCCCC/C=C\CCCCCCCCCC. The van der Waals surface area contributed by atoms with Gasteiger partial charge in [0.1, 0.15) is 13.2 Å². The van der Waals surface area contributed by atoms with Gasteiger partial charge in [0, 0.05) is 19.3 Å². The van der Waals surface area contributed by atoms with Crippen LogP contribution in [-0.4, -0.2) is 37.2 Å². The van der Waals surface area contributed by atoms with Crippen molar-refractivity contribution in [1.29, 1.82) is 0 Å². The van der Waals surface area contributed by atoms with Crippen molar-refractivity contribution in [2.75, 3.05) is 13.2 Å². The maximum absolute atomic E-state index is 13.0. The van der Waals surface area contributed by atoms with Crippen molar-refractivity contribution in [2.45, 2.75) is 399 Å². The maximum Gasteiger partial charge on any atom is 0.306 e. The van der Waals surface area contributed by atoms with E-state index in [0.29, 0.717) is 19.3 Å². The third kappa shape index (κ3) is 66.3. The lowest BCUT2D eigenvalue weighted by Crippen LogP contribution is -2.30. The van der Waals surface area contributed by atoms with Crippen LogP contribution in [0.1, 0.15) is 393 Å². The molecule has 0 aromatic carbocycles. The second kappa shape index (κ2) is 68.1. The van der Waals surface area contributed by atoms with Crippen LogP contribution in [-0.2, 0) is 28.6 Å². The Morgan fingerprint density at radius 3 is 0.633 bits per heavy atom. The summed E-state index contributed by atoms with van der Waals surface area (Å²) in [5.41, 5.74) is 0. The average Bonchev–Trinajstić information content (AvgIpc) is 3.45. The van der Waals surface area contributed by atoms with E-state index in [1.54, 1.807) is 0 Å². The molecular formula is C73H136O6. The minimum atomic E-state index is -0.776. The topological polar surface area (TPSA) is 78.9 Å². The third-order valence-corrected chi connectivity index (χ3v) is 16.1. The van der Waals surface area contributed by atoms with Crippen LogP contribution in [0.4, 0.5) is 0 Å². The number of allylic oxidation sites excluding steroid dienone is 6. The average molecular weight is 1110 g/mol. The molecule has 0 aliphatic carbocycles. The maximum atomic E-state index is 13.0. The number of ether oxygens (including phenoxy) is 3. The van der Waals surface area contributed by atoms with Crippen LogP contribution in [0.25, 0.3) is 0 Å². The molecule has 0 spiro atoms. The molecule has 1 atom stereocenters. The van der Waals surface area contributed by atoms with Crippen LogP contribution in [0.2, 0.25) is 0 Å². The van der Waals surface area contributed by atoms with E-state index in [1.165, 1.54) is 295 Å². The fraction of sp³-hybridized carbons (Fsp3) is 0.877. The molecule has 464 valence electrons. The van der Waals surface area contributed by atoms with Gasteiger partial charge in [-0.15, -0.1) is 0 Å². The predicted molar refractivity (Wildman–Crippen MR) is 344 cm³/mol. The normalized spacial score (nSPS) is 12.2. The van der Waals surface area contributed by atoms with E-state index >= 15 is 0 Å². The van der Waals surface area contributed by atoms with Crippen LogP contribution < -0.4 is 0 Å². The zero-order valence-electron chi connectivity index (χ0n) is 53.4. The van der Waals surface area contributed by atoms with Gasteiger partial charge in [0.2, 0.25) is 0 Å². The molecule has 0 saturated carbocycles. The van der Waals surface area contributed by atoms with E-state index in [2.05, 4.69) is 57.2 Å². The van der Waals surface area contributed by atoms with E-state index in [9.17, 15) is 14.4 Å². The quantitative estimate of drug-likeness (QED) is 0.0261. The van der Waals surface area contributed by atoms with Gasteiger partial charge in [-0.1, -0.05) is 314 Å². The zero-order valence-corrected chi connectivity index (χ0v) is 53.4. The van der Waals surface area contributed by atoms with Crippen molar-refractivity contribution in [3.05, 3.63) is 36.5 Å². The minimum Gasteiger partial charge on any atom is -0.462 e. The Morgan fingerprint density at radius 1 is 0.241 bits per heavy atom. The molecule has 0 fully saturated rings. The van der Waals surface area contributed by atoms with E-state index in [1.807, 2.05) is 0 Å². The zero-order chi connectivity index (χ0) is 57.1. The van der Waals surface area contributed by atoms with E-state index in [0.717, 1.165) is 57.8 Å². The molecule has 6 heteroatoms. The highest BCUT2D eigenvalue weighted by atomic mass is 16.6. The Bertz CT molecular complexity index is 1320. The summed E-state index contributed by atoms with van der Waals surface area (Å²) in [4.78, 5) is 38.5. The first-order chi connectivity index (χ1) is 39.0. The highest BCUT2D eigenvalue weighted by molar-refractivity contribution is 5.71. The van der Waals surface area contributed by atoms with Gasteiger partial charge in [0.15, 0.2) is 6.10 Å². The monoisotopic (exact) mass is 1110 g/mol. The van der Waals surface area contributed by atoms with Crippen LogP contribution in [0, 0.1) is 0 Å². The summed E-state index contributed by atoms with van der Waals surface area (Å²) in [5, 5.41) is 0. The summed E-state index contributed by atoms with van der Waals surface area (Å²) in [5.74, 6) is -0.850. The first-order valence-electron chi connectivity index (χ1n) is 35.5. The molecule has 0 saturated heterocycles. The van der Waals surface area contributed by atoms with Gasteiger partial charge in [-0.05, 0) is 96.3 Å². The van der Waals surface area contributed by atoms with Crippen LogP contribution in [0.5, 0.6) is 0 Å². The molecule has 6 nitrogen and oxygen atoms in total. The molecule has 0 radical (unpaired) electrons. The largest absolute Gasteiger partial charge is 0.462 e. The molecule has 0 aliphatic heterocycles. The van der Waals surface area contributed by atoms with Crippen molar-refractivity contribution in [1.82, 2.24) is 0 Å². The summed E-state index contributed by atoms with van der Waals surface area (Å²) >= 11 is 0. The predicted octanol–water partition coefficient (Wildman–Crippen LogP) is 24.3. The second-order valence-corrected chi connectivity index (χ2v) is 24.1. The fourth-order valence-corrected chi connectivity index (χ4v) is 10.7. The Balaban J connectivity index is 4.31. The van der Waals surface area contributed by atoms with Crippen molar-refractivity contribution in [2.24, 2.45) is 0 Å². The summed E-state index contributed by atoms with van der Waals surface area (Å²) in [6.07, 6.45) is 84.5. The van der Waals surface area contributed by atoms with Gasteiger partial charge in [-0.3, -0.25) is 14.4 Å². The molecule has 0 heterocycles. The smallest absolute Gasteiger partial charge is 0.306 e. The first kappa shape index (κ1) is 76.6. The van der Waals surface area contributed by atoms with E-state index in [-0.39, 0.29) is 31.1 Å². The van der Waals surface area contributed by atoms with Crippen molar-refractivity contribution in [3.63, 3.8) is 0 Å². The molecule has 1 unspecified atom stereocenters. The lowest BCUT2D eigenvalue weighted by atomic mass is 10.0. The van der Waals surface area contributed by atoms with Gasteiger partial charge in [0.25, 0.3) is 0 Å². The second-order valence-electron chi connectivity index (χ2n) is 24.1.